The molecule has 0 aliphatic heterocycles. The maximum Gasteiger partial charge on any atom is 0.174 e. The Morgan fingerprint density at radius 3 is 2.82 bits per heavy atom. The molecule has 0 aliphatic rings. The molecule has 90 valence electrons. The summed E-state index contributed by atoms with van der Waals surface area (Å²) >= 11 is 1.55. The molecule has 2 rings (SSSR count). The summed E-state index contributed by atoms with van der Waals surface area (Å²) in [7, 11) is 1.97. The molecule has 0 atom stereocenters. The van der Waals surface area contributed by atoms with Crippen molar-refractivity contribution in [2.75, 3.05) is 11.9 Å². The summed E-state index contributed by atoms with van der Waals surface area (Å²) in [6, 6.07) is 0. The van der Waals surface area contributed by atoms with E-state index in [9.17, 15) is 0 Å². The highest BCUT2D eigenvalue weighted by Gasteiger charge is 2.10. The van der Waals surface area contributed by atoms with E-state index in [-0.39, 0.29) is 0 Å². The van der Waals surface area contributed by atoms with E-state index in [0.717, 1.165) is 28.1 Å². The molecule has 0 spiro atoms. The highest BCUT2D eigenvalue weighted by atomic mass is 32.2. The van der Waals surface area contributed by atoms with Crippen molar-refractivity contribution in [3.8, 4) is 0 Å². The van der Waals surface area contributed by atoms with Gasteiger partial charge in [0.15, 0.2) is 5.16 Å². The molecule has 1 N–H and O–H groups in total. The van der Waals surface area contributed by atoms with E-state index in [2.05, 4.69) is 20.3 Å². The summed E-state index contributed by atoms with van der Waals surface area (Å²) < 4.78 is 1.97. The Balaban J connectivity index is 2.27. The molecule has 5 nitrogen and oxygen atoms in total. The van der Waals surface area contributed by atoms with Gasteiger partial charge in [0, 0.05) is 31.5 Å². The summed E-state index contributed by atoms with van der Waals surface area (Å²) in [6.45, 7) is 4.92. The lowest BCUT2D eigenvalue weighted by Gasteiger charge is -2.09. The second-order valence-corrected chi connectivity index (χ2v) is 4.56. The monoisotopic (exact) mass is 249 g/mol. The number of nitrogens with one attached hydrogen (secondary N) is 1. The zero-order valence-corrected chi connectivity index (χ0v) is 11.0. The topological polar surface area (TPSA) is 55.6 Å². The highest BCUT2D eigenvalue weighted by Crippen LogP contribution is 2.28. The van der Waals surface area contributed by atoms with Crippen LogP contribution in [0.15, 0.2) is 28.9 Å². The smallest absolute Gasteiger partial charge is 0.174 e. The Kier molecular flexibility index (Phi) is 3.63. The molecule has 0 unspecified atom stereocenters. The van der Waals surface area contributed by atoms with Gasteiger partial charge in [-0.25, -0.2) is 15.0 Å². The molecular formula is C11H15N5S. The number of hydrogen-bond donors (Lipinski definition) is 1. The molecule has 0 radical (unpaired) electrons. The van der Waals surface area contributed by atoms with E-state index in [0.29, 0.717) is 0 Å². The van der Waals surface area contributed by atoms with E-state index >= 15 is 0 Å². The molecule has 2 aromatic heterocycles. The highest BCUT2D eigenvalue weighted by molar-refractivity contribution is 7.99. The lowest BCUT2D eigenvalue weighted by Crippen LogP contribution is -2.03. The molecule has 0 fully saturated rings. The van der Waals surface area contributed by atoms with Gasteiger partial charge in [0.2, 0.25) is 0 Å². The van der Waals surface area contributed by atoms with Crippen LogP contribution in [-0.4, -0.2) is 26.1 Å². The fourth-order valence-corrected chi connectivity index (χ4v) is 2.26. The molecule has 0 aliphatic carbocycles. The first-order valence-corrected chi connectivity index (χ1v) is 6.24. The third kappa shape index (κ3) is 2.58. The standard InChI is InChI=1S/C11H15N5S/c1-4-12-9-8(2)10(15-7-14-9)17-11-13-5-6-16(11)3/h5-7H,4H2,1-3H3,(H,12,14,15). The molecule has 0 aromatic carbocycles. The third-order valence-corrected chi connectivity index (χ3v) is 3.53. The minimum absolute atomic E-state index is 0.852. The number of nitrogens with zero attached hydrogens (tertiary/aromatic N) is 4. The van der Waals surface area contributed by atoms with Crippen molar-refractivity contribution >= 4 is 17.6 Å². The largest absolute Gasteiger partial charge is 0.370 e. The number of hydrogen-bond acceptors (Lipinski definition) is 5. The molecule has 0 amide bonds. The van der Waals surface area contributed by atoms with Crippen LogP contribution in [0, 0.1) is 6.92 Å². The van der Waals surface area contributed by atoms with Gasteiger partial charge in [0.25, 0.3) is 0 Å². The van der Waals surface area contributed by atoms with Crippen molar-refractivity contribution in [2.24, 2.45) is 7.05 Å². The molecule has 2 aromatic rings. The lowest BCUT2D eigenvalue weighted by atomic mass is 10.3. The van der Waals surface area contributed by atoms with Crippen molar-refractivity contribution in [1.82, 2.24) is 19.5 Å². The number of anilines is 1. The normalized spacial score (nSPS) is 10.5. The molecule has 0 saturated carbocycles. The predicted molar refractivity (Wildman–Crippen MR) is 68.3 cm³/mol. The summed E-state index contributed by atoms with van der Waals surface area (Å²) in [5.41, 5.74) is 1.06. The van der Waals surface area contributed by atoms with Gasteiger partial charge in [0.1, 0.15) is 17.2 Å². The van der Waals surface area contributed by atoms with Crippen LogP contribution in [0.2, 0.25) is 0 Å². The Hall–Kier alpha value is -1.56. The SMILES string of the molecule is CCNc1ncnc(Sc2nccn2C)c1C. The molecule has 0 bridgehead atoms. The average molecular weight is 249 g/mol. The minimum atomic E-state index is 0.852. The minimum Gasteiger partial charge on any atom is -0.370 e. The van der Waals surface area contributed by atoms with Crippen LogP contribution in [0.4, 0.5) is 5.82 Å². The zero-order valence-electron chi connectivity index (χ0n) is 10.1. The summed E-state index contributed by atoms with van der Waals surface area (Å²) in [4.78, 5) is 12.8. The van der Waals surface area contributed by atoms with Gasteiger partial charge in [-0.05, 0) is 25.6 Å². The van der Waals surface area contributed by atoms with Crippen LogP contribution in [0.25, 0.3) is 0 Å². The van der Waals surface area contributed by atoms with Gasteiger partial charge in [-0.15, -0.1) is 0 Å². The van der Waals surface area contributed by atoms with Gasteiger partial charge < -0.3 is 9.88 Å². The zero-order chi connectivity index (χ0) is 12.3. The second-order valence-electron chi connectivity index (χ2n) is 3.61. The fourth-order valence-electron chi connectivity index (χ4n) is 1.42. The van der Waals surface area contributed by atoms with Gasteiger partial charge in [-0.3, -0.25) is 0 Å². The van der Waals surface area contributed by atoms with E-state index in [1.54, 1.807) is 24.3 Å². The van der Waals surface area contributed by atoms with E-state index < -0.39 is 0 Å². The van der Waals surface area contributed by atoms with Gasteiger partial charge in [-0.2, -0.15) is 0 Å². The maximum absolute atomic E-state index is 4.30. The maximum atomic E-state index is 4.30. The first kappa shape index (κ1) is 11.9. The summed E-state index contributed by atoms with van der Waals surface area (Å²) in [5.74, 6) is 0.888. The van der Waals surface area contributed by atoms with Crippen LogP contribution in [-0.2, 0) is 7.05 Å². The first-order chi connectivity index (χ1) is 8.22. The van der Waals surface area contributed by atoms with Gasteiger partial charge >= 0.3 is 0 Å². The van der Waals surface area contributed by atoms with Gasteiger partial charge in [-0.1, -0.05) is 0 Å². The van der Waals surface area contributed by atoms with Crippen molar-refractivity contribution in [3.63, 3.8) is 0 Å². The van der Waals surface area contributed by atoms with Crippen LogP contribution in [0.5, 0.6) is 0 Å². The molecule has 17 heavy (non-hydrogen) atoms. The molecular weight excluding hydrogens is 234 g/mol. The third-order valence-electron chi connectivity index (χ3n) is 2.35. The number of aryl methyl sites for hydroxylation is 1. The van der Waals surface area contributed by atoms with E-state index in [1.165, 1.54) is 0 Å². The Morgan fingerprint density at radius 1 is 1.35 bits per heavy atom. The Bertz CT molecular complexity index is 508. The Morgan fingerprint density at radius 2 is 2.18 bits per heavy atom. The van der Waals surface area contributed by atoms with Crippen molar-refractivity contribution in [3.05, 3.63) is 24.3 Å². The number of imidazole rings is 1. The Labute approximate surface area is 105 Å². The van der Waals surface area contributed by atoms with Crippen LogP contribution < -0.4 is 5.32 Å². The first-order valence-electron chi connectivity index (χ1n) is 5.43. The van der Waals surface area contributed by atoms with Crippen LogP contribution in [0.1, 0.15) is 12.5 Å². The van der Waals surface area contributed by atoms with Crippen molar-refractivity contribution < 1.29 is 0 Å². The number of rotatable bonds is 4. The van der Waals surface area contributed by atoms with Gasteiger partial charge in [0.05, 0.1) is 0 Å². The van der Waals surface area contributed by atoms with E-state index in [1.807, 2.05) is 31.7 Å². The molecule has 2 heterocycles. The second kappa shape index (κ2) is 5.18. The fraction of sp³-hybridized carbons (Fsp3) is 0.364. The van der Waals surface area contributed by atoms with Crippen LogP contribution >= 0.6 is 11.8 Å². The molecule has 0 saturated heterocycles. The average Bonchev–Trinajstić information content (AvgIpc) is 2.70. The van der Waals surface area contributed by atoms with Crippen LogP contribution in [0.3, 0.4) is 0 Å². The molecule has 6 heteroatoms. The van der Waals surface area contributed by atoms with Crippen molar-refractivity contribution in [2.45, 2.75) is 24.0 Å². The predicted octanol–water partition coefficient (Wildman–Crippen LogP) is 2.10. The quantitative estimate of drug-likeness (QED) is 0.841. The number of aromatic nitrogens is 4. The summed E-state index contributed by atoms with van der Waals surface area (Å²) in [6.07, 6.45) is 5.28. The summed E-state index contributed by atoms with van der Waals surface area (Å²) in [5, 5.41) is 5.08. The van der Waals surface area contributed by atoms with Crippen molar-refractivity contribution in [1.29, 1.82) is 0 Å². The van der Waals surface area contributed by atoms with E-state index in [4.69, 9.17) is 0 Å². The lowest BCUT2D eigenvalue weighted by molar-refractivity contribution is 0.787.